The average Bonchev–Trinajstić information content (AvgIpc) is 3.27. The predicted octanol–water partition coefficient (Wildman–Crippen LogP) is 3.44. The first-order valence-corrected chi connectivity index (χ1v) is 9.96. The summed E-state index contributed by atoms with van der Waals surface area (Å²) in [6.07, 6.45) is 4.08. The zero-order valence-corrected chi connectivity index (χ0v) is 20.1. The van der Waals surface area contributed by atoms with E-state index in [1.807, 2.05) is 12.1 Å². The molecule has 164 valence electrons. The number of pyridine rings is 1. The van der Waals surface area contributed by atoms with Crippen LogP contribution in [0.2, 0.25) is 0 Å². The molecule has 2 N–H and O–H groups in total. The quantitative estimate of drug-likeness (QED) is 0.312. The first kappa shape index (κ1) is 24.2. The van der Waals surface area contributed by atoms with Crippen LogP contribution < -0.4 is 20.1 Å². The van der Waals surface area contributed by atoms with Crippen molar-refractivity contribution in [3.8, 4) is 11.6 Å². The number of aromatic nitrogens is 1. The van der Waals surface area contributed by atoms with Gasteiger partial charge in [0, 0.05) is 44.1 Å². The zero-order valence-electron chi connectivity index (χ0n) is 17.8. The first-order valence-electron chi connectivity index (χ1n) is 9.96. The highest BCUT2D eigenvalue weighted by Crippen LogP contribution is 2.22. The number of nitrogens with zero attached hydrogens (tertiary/aromatic N) is 2. The van der Waals surface area contributed by atoms with Crippen LogP contribution in [0.1, 0.15) is 29.5 Å². The molecule has 0 saturated carbocycles. The fraction of sp³-hybridized carbons (Fsp3) is 0.455. The summed E-state index contributed by atoms with van der Waals surface area (Å²) in [4.78, 5) is 8.52. The van der Waals surface area contributed by atoms with Crippen molar-refractivity contribution in [3.63, 3.8) is 0 Å². The summed E-state index contributed by atoms with van der Waals surface area (Å²) >= 11 is 0. The van der Waals surface area contributed by atoms with Crippen molar-refractivity contribution in [1.29, 1.82) is 0 Å². The van der Waals surface area contributed by atoms with E-state index in [1.54, 1.807) is 20.4 Å². The summed E-state index contributed by atoms with van der Waals surface area (Å²) in [6.45, 7) is 4.65. The molecular weight excluding hydrogens is 495 g/mol. The molecular formula is C22H31IN4O3. The molecule has 1 saturated heterocycles. The maximum atomic E-state index is 6.08. The van der Waals surface area contributed by atoms with E-state index in [4.69, 9.17) is 14.2 Å². The fourth-order valence-corrected chi connectivity index (χ4v) is 3.22. The molecule has 2 heterocycles. The highest BCUT2D eigenvalue weighted by Gasteiger charge is 2.17. The lowest BCUT2D eigenvalue weighted by Crippen LogP contribution is -2.36. The van der Waals surface area contributed by atoms with E-state index in [2.05, 4.69) is 45.7 Å². The number of hydrogen-bond donors (Lipinski definition) is 2. The maximum absolute atomic E-state index is 6.08. The minimum absolute atomic E-state index is 0. The SMILES string of the molecule is CN=C(NCc1ccc(C)cc1OCC1CCCO1)NCc1cccnc1OC.I. The van der Waals surface area contributed by atoms with Crippen LogP contribution in [-0.4, -0.2) is 44.4 Å². The van der Waals surface area contributed by atoms with Gasteiger partial charge in [0.2, 0.25) is 5.88 Å². The van der Waals surface area contributed by atoms with Gasteiger partial charge in [0.25, 0.3) is 0 Å². The second-order valence-corrected chi connectivity index (χ2v) is 7.01. The number of halogens is 1. The second kappa shape index (κ2) is 12.6. The van der Waals surface area contributed by atoms with E-state index in [0.29, 0.717) is 31.5 Å². The highest BCUT2D eigenvalue weighted by atomic mass is 127. The molecule has 7 nitrogen and oxygen atoms in total. The van der Waals surface area contributed by atoms with Gasteiger partial charge in [-0.2, -0.15) is 0 Å². The summed E-state index contributed by atoms with van der Waals surface area (Å²) in [5.74, 6) is 2.19. The summed E-state index contributed by atoms with van der Waals surface area (Å²) in [5, 5.41) is 6.64. The van der Waals surface area contributed by atoms with E-state index in [0.717, 1.165) is 36.3 Å². The molecule has 1 aromatic heterocycles. The Balaban J connectivity index is 0.00000320. The van der Waals surface area contributed by atoms with Gasteiger partial charge in [0.15, 0.2) is 5.96 Å². The number of ether oxygens (including phenoxy) is 3. The number of aliphatic imine (C=N–C) groups is 1. The molecule has 0 aliphatic carbocycles. The van der Waals surface area contributed by atoms with Crippen LogP contribution in [0.5, 0.6) is 11.6 Å². The van der Waals surface area contributed by atoms with Gasteiger partial charge in [0.1, 0.15) is 12.4 Å². The molecule has 1 fully saturated rings. The minimum atomic E-state index is 0. The zero-order chi connectivity index (χ0) is 20.5. The summed E-state index contributed by atoms with van der Waals surface area (Å²) < 4.78 is 17.0. The maximum Gasteiger partial charge on any atom is 0.218 e. The average molecular weight is 526 g/mol. The standard InChI is InChI=1S/C22H30N4O3.HI/c1-16-8-9-17(20(12-16)29-15-19-7-5-11-28-19)13-25-22(23-2)26-14-18-6-4-10-24-21(18)27-3;/h4,6,8-10,12,19H,5,7,11,13-15H2,1-3H3,(H2,23,25,26);1H. The van der Waals surface area contributed by atoms with Gasteiger partial charge in [-0.3, -0.25) is 4.99 Å². The van der Waals surface area contributed by atoms with Crippen LogP contribution in [0.25, 0.3) is 0 Å². The smallest absolute Gasteiger partial charge is 0.218 e. The van der Waals surface area contributed by atoms with Crippen LogP contribution >= 0.6 is 24.0 Å². The van der Waals surface area contributed by atoms with Crippen molar-refractivity contribution in [3.05, 3.63) is 53.2 Å². The molecule has 0 spiro atoms. The van der Waals surface area contributed by atoms with Gasteiger partial charge in [-0.05, 0) is 37.5 Å². The number of guanidine groups is 1. The van der Waals surface area contributed by atoms with Crippen molar-refractivity contribution in [2.75, 3.05) is 27.4 Å². The Morgan fingerprint density at radius 2 is 2.03 bits per heavy atom. The molecule has 1 aliphatic heterocycles. The Labute approximate surface area is 195 Å². The van der Waals surface area contributed by atoms with E-state index >= 15 is 0 Å². The predicted molar refractivity (Wildman–Crippen MR) is 129 cm³/mol. The Kier molecular flexibility index (Phi) is 10.2. The monoisotopic (exact) mass is 526 g/mol. The molecule has 8 heteroatoms. The van der Waals surface area contributed by atoms with Gasteiger partial charge in [0.05, 0.1) is 13.2 Å². The lowest BCUT2D eigenvalue weighted by Gasteiger charge is -2.17. The number of methoxy groups -OCH3 is 1. The Hall–Kier alpha value is -2.07. The van der Waals surface area contributed by atoms with Crippen molar-refractivity contribution in [1.82, 2.24) is 15.6 Å². The Morgan fingerprint density at radius 1 is 1.23 bits per heavy atom. The van der Waals surface area contributed by atoms with Crippen molar-refractivity contribution < 1.29 is 14.2 Å². The topological polar surface area (TPSA) is 77.0 Å². The molecule has 0 bridgehead atoms. The second-order valence-electron chi connectivity index (χ2n) is 7.01. The summed E-state index contributed by atoms with van der Waals surface area (Å²) in [5.41, 5.74) is 3.21. The van der Waals surface area contributed by atoms with E-state index in [1.165, 1.54) is 5.56 Å². The number of aryl methyl sites for hydroxylation is 1. The van der Waals surface area contributed by atoms with Crippen molar-refractivity contribution >= 4 is 29.9 Å². The summed E-state index contributed by atoms with van der Waals surface area (Å²) in [7, 11) is 3.37. The normalized spacial score (nSPS) is 16.0. The van der Waals surface area contributed by atoms with E-state index in [-0.39, 0.29) is 30.1 Å². The molecule has 0 radical (unpaired) electrons. The highest BCUT2D eigenvalue weighted by molar-refractivity contribution is 14.0. The molecule has 30 heavy (non-hydrogen) atoms. The van der Waals surface area contributed by atoms with Crippen LogP contribution in [0.4, 0.5) is 0 Å². The van der Waals surface area contributed by atoms with Crippen LogP contribution in [0, 0.1) is 6.92 Å². The third-order valence-corrected chi connectivity index (χ3v) is 4.83. The molecule has 1 atom stereocenters. The summed E-state index contributed by atoms with van der Waals surface area (Å²) in [6, 6.07) is 10.1. The van der Waals surface area contributed by atoms with Gasteiger partial charge < -0.3 is 24.8 Å². The molecule has 0 amide bonds. The van der Waals surface area contributed by atoms with Crippen LogP contribution in [0.15, 0.2) is 41.5 Å². The minimum Gasteiger partial charge on any atom is -0.491 e. The molecule has 2 aromatic rings. The van der Waals surface area contributed by atoms with Crippen molar-refractivity contribution in [2.45, 2.75) is 39.0 Å². The van der Waals surface area contributed by atoms with E-state index < -0.39 is 0 Å². The Bertz CT molecular complexity index is 826. The molecule has 1 aromatic carbocycles. The number of benzene rings is 1. The lowest BCUT2D eigenvalue weighted by atomic mass is 10.1. The van der Waals surface area contributed by atoms with Gasteiger partial charge in [-0.25, -0.2) is 4.98 Å². The van der Waals surface area contributed by atoms with Gasteiger partial charge >= 0.3 is 0 Å². The van der Waals surface area contributed by atoms with Gasteiger partial charge in [-0.1, -0.05) is 18.2 Å². The fourth-order valence-electron chi connectivity index (χ4n) is 3.22. The van der Waals surface area contributed by atoms with Gasteiger partial charge in [-0.15, -0.1) is 24.0 Å². The third kappa shape index (κ3) is 7.02. The molecule has 1 unspecified atom stereocenters. The largest absolute Gasteiger partial charge is 0.491 e. The number of nitrogens with one attached hydrogen (secondary N) is 2. The van der Waals surface area contributed by atoms with E-state index in [9.17, 15) is 0 Å². The van der Waals surface area contributed by atoms with Crippen molar-refractivity contribution in [2.24, 2.45) is 4.99 Å². The third-order valence-electron chi connectivity index (χ3n) is 4.83. The van der Waals surface area contributed by atoms with Crippen LogP contribution in [-0.2, 0) is 17.8 Å². The van der Waals surface area contributed by atoms with Crippen LogP contribution in [0.3, 0.4) is 0 Å². The number of hydrogen-bond acceptors (Lipinski definition) is 5. The Morgan fingerprint density at radius 3 is 2.73 bits per heavy atom. The molecule has 1 aliphatic rings. The molecule has 3 rings (SSSR count). The first-order chi connectivity index (χ1) is 14.2. The lowest BCUT2D eigenvalue weighted by molar-refractivity contribution is 0.0676. The number of rotatable bonds is 8.